The van der Waals surface area contributed by atoms with Crippen LogP contribution in [0.15, 0.2) is 48.5 Å². The van der Waals surface area contributed by atoms with Crippen molar-refractivity contribution in [1.29, 1.82) is 0 Å². The molecule has 2 aromatic carbocycles. The van der Waals surface area contributed by atoms with Crippen LogP contribution in [-0.2, 0) is 14.3 Å². The van der Waals surface area contributed by atoms with Crippen molar-refractivity contribution in [3.8, 4) is 11.1 Å². The first-order valence-corrected chi connectivity index (χ1v) is 13.5. The predicted octanol–water partition coefficient (Wildman–Crippen LogP) is 4.41. The van der Waals surface area contributed by atoms with Crippen molar-refractivity contribution >= 4 is 29.7 Å². The normalized spacial score (nSPS) is 19.8. The van der Waals surface area contributed by atoms with E-state index in [0.29, 0.717) is 25.0 Å². The highest BCUT2D eigenvalue weighted by molar-refractivity contribution is 7.98. The SMILES string of the molecule is CSCC[C@H](NC(=O)OCC1c2ccccc2-c2ccccc21)C(=O)NC1CCCC(C(=O)O)C1. The lowest BCUT2D eigenvalue weighted by Gasteiger charge is -2.29. The molecule has 0 bridgehead atoms. The number of ether oxygens (including phenoxy) is 1. The summed E-state index contributed by atoms with van der Waals surface area (Å²) in [6.07, 6.45) is 4.34. The van der Waals surface area contributed by atoms with Crippen LogP contribution in [-0.4, -0.2) is 53.8 Å². The molecule has 0 aliphatic heterocycles. The number of thioether (sulfide) groups is 1. The van der Waals surface area contributed by atoms with Crippen LogP contribution in [0.2, 0.25) is 0 Å². The molecule has 35 heavy (non-hydrogen) atoms. The molecule has 4 rings (SSSR count). The van der Waals surface area contributed by atoms with Gasteiger partial charge in [-0.05, 0) is 59.9 Å². The maximum Gasteiger partial charge on any atom is 0.407 e. The first kappa shape index (κ1) is 25.1. The Morgan fingerprint density at radius 3 is 2.34 bits per heavy atom. The van der Waals surface area contributed by atoms with E-state index < -0.39 is 24.0 Å². The van der Waals surface area contributed by atoms with Crippen molar-refractivity contribution in [3.05, 3.63) is 59.7 Å². The van der Waals surface area contributed by atoms with Crippen molar-refractivity contribution in [2.45, 2.75) is 50.1 Å². The number of carbonyl (C=O) groups excluding carboxylic acids is 2. The molecule has 0 aromatic heterocycles. The molecule has 0 radical (unpaired) electrons. The van der Waals surface area contributed by atoms with Crippen LogP contribution in [0.25, 0.3) is 11.1 Å². The fraction of sp³-hybridized carbons (Fsp3) is 0.444. The summed E-state index contributed by atoms with van der Waals surface area (Å²) >= 11 is 1.59. The fourth-order valence-electron chi connectivity index (χ4n) is 5.13. The number of hydrogen-bond donors (Lipinski definition) is 3. The zero-order valence-electron chi connectivity index (χ0n) is 19.9. The lowest BCUT2D eigenvalue weighted by atomic mass is 9.85. The van der Waals surface area contributed by atoms with E-state index in [-0.39, 0.29) is 24.5 Å². The van der Waals surface area contributed by atoms with Gasteiger partial charge in [0.2, 0.25) is 5.91 Å². The number of nitrogens with one attached hydrogen (secondary N) is 2. The number of amides is 2. The van der Waals surface area contributed by atoms with Crippen LogP contribution in [0.3, 0.4) is 0 Å². The van der Waals surface area contributed by atoms with Crippen LogP contribution in [0.5, 0.6) is 0 Å². The first-order chi connectivity index (χ1) is 17.0. The molecule has 3 atom stereocenters. The van der Waals surface area contributed by atoms with Crippen LogP contribution in [0, 0.1) is 5.92 Å². The smallest absolute Gasteiger partial charge is 0.407 e. The Hall–Kier alpha value is -3.00. The third-order valence-electron chi connectivity index (χ3n) is 6.93. The second-order valence-corrected chi connectivity index (χ2v) is 10.2. The van der Waals surface area contributed by atoms with Gasteiger partial charge in [0.1, 0.15) is 12.6 Å². The van der Waals surface area contributed by atoms with E-state index in [9.17, 15) is 19.5 Å². The van der Waals surface area contributed by atoms with Crippen molar-refractivity contribution in [3.63, 3.8) is 0 Å². The lowest BCUT2D eigenvalue weighted by molar-refractivity contribution is -0.143. The third-order valence-corrected chi connectivity index (χ3v) is 7.58. The molecule has 2 aliphatic carbocycles. The van der Waals surface area contributed by atoms with Crippen LogP contribution in [0.4, 0.5) is 4.79 Å². The Bertz CT molecular complexity index is 1030. The largest absolute Gasteiger partial charge is 0.481 e. The number of benzene rings is 2. The molecule has 2 amide bonds. The maximum absolute atomic E-state index is 13.0. The molecule has 2 unspecified atom stereocenters. The van der Waals surface area contributed by atoms with E-state index in [1.807, 2.05) is 30.5 Å². The summed E-state index contributed by atoms with van der Waals surface area (Å²) in [6.45, 7) is 0.180. The van der Waals surface area contributed by atoms with Gasteiger partial charge in [0.25, 0.3) is 0 Å². The van der Waals surface area contributed by atoms with Gasteiger partial charge in [-0.2, -0.15) is 11.8 Å². The van der Waals surface area contributed by atoms with E-state index in [2.05, 4.69) is 34.9 Å². The number of rotatable bonds is 9. The number of fused-ring (bicyclic) bond motifs is 3. The minimum Gasteiger partial charge on any atom is -0.481 e. The van der Waals surface area contributed by atoms with Gasteiger partial charge in [0, 0.05) is 12.0 Å². The topological polar surface area (TPSA) is 105 Å². The number of hydrogen-bond acceptors (Lipinski definition) is 5. The molecule has 1 saturated carbocycles. The average molecular weight is 497 g/mol. The summed E-state index contributed by atoms with van der Waals surface area (Å²) in [4.78, 5) is 37.1. The van der Waals surface area contributed by atoms with Crippen molar-refractivity contribution in [1.82, 2.24) is 10.6 Å². The molecule has 0 heterocycles. The minimum absolute atomic E-state index is 0.0539. The molecular weight excluding hydrogens is 464 g/mol. The predicted molar refractivity (Wildman–Crippen MR) is 137 cm³/mol. The quantitative estimate of drug-likeness (QED) is 0.475. The second kappa shape index (κ2) is 11.6. The summed E-state index contributed by atoms with van der Waals surface area (Å²) in [5.41, 5.74) is 4.56. The Morgan fingerprint density at radius 1 is 1.06 bits per heavy atom. The van der Waals surface area contributed by atoms with E-state index in [0.717, 1.165) is 35.1 Å². The van der Waals surface area contributed by atoms with Crippen molar-refractivity contribution in [2.75, 3.05) is 18.6 Å². The van der Waals surface area contributed by atoms with Gasteiger partial charge in [0.05, 0.1) is 5.92 Å². The Kier molecular flexibility index (Phi) is 8.33. The Balaban J connectivity index is 1.36. The summed E-state index contributed by atoms with van der Waals surface area (Å²) in [7, 11) is 0. The minimum atomic E-state index is -0.820. The molecule has 186 valence electrons. The molecule has 0 saturated heterocycles. The first-order valence-electron chi connectivity index (χ1n) is 12.1. The van der Waals surface area contributed by atoms with E-state index >= 15 is 0 Å². The van der Waals surface area contributed by atoms with Gasteiger partial charge in [-0.3, -0.25) is 9.59 Å². The Morgan fingerprint density at radius 2 is 1.71 bits per heavy atom. The molecule has 0 spiro atoms. The summed E-state index contributed by atoms with van der Waals surface area (Å²) in [5.74, 6) is -0.900. The zero-order valence-corrected chi connectivity index (χ0v) is 20.7. The lowest BCUT2D eigenvalue weighted by Crippen LogP contribution is -2.51. The second-order valence-electron chi connectivity index (χ2n) is 9.21. The molecule has 1 fully saturated rings. The van der Waals surface area contributed by atoms with E-state index in [1.54, 1.807) is 11.8 Å². The monoisotopic (exact) mass is 496 g/mol. The van der Waals surface area contributed by atoms with Crippen LogP contribution >= 0.6 is 11.8 Å². The Labute approximate surface area is 210 Å². The molecule has 8 heteroatoms. The highest BCUT2D eigenvalue weighted by Crippen LogP contribution is 2.44. The fourth-order valence-corrected chi connectivity index (χ4v) is 5.61. The van der Waals surface area contributed by atoms with Gasteiger partial charge >= 0.3 is 12.1 Å². The molecule has 2 aliphatic rings. The van der Waals surface area contributed by atoms with Gasteiger partial charge in [-0.15, -0.1) is 0 Å². The maximum atomic E-state index is 13.0. The summed E-state index contributed by atoms with van der Waals surface area (Å²) in [6, 6.07) is 15.3. The van der Waals surface area contributed by atoms with Crippen molar-refractivity contribution in [2.24, 2.45) is 5.92 Å². The van der Waals surface area contributed by atoms with Gasteiger partial charge < -0.3 is 20.5 Å². The van der Waals surface area contributed by atoms with Crippen molar-refractivity contribution < 1.29 is 24.2 Å². The average Bonchev–Trinajstić information content (AvgIpc) is 3.19. The van der Waals surface area contributed by atoms with Gasteiger partial charge in [-0.25, -0.2) is 4.79 Å². The standard InChI is InChI=1S/C27H32N2O5S/c1-35-14-13-24(25(30)28-18-8-6-7-17(15-18)26(31)32)29-27(33)34-16-23-21-11-4-2-9-19(21)20-10-3-5-12-22(20)23/h2-5,9-12,17-18,23-24H,6-8,13-16H2,1H3,(H,28,30)(H,29,33)(H,31,32)/t17?,18?,24-/m0/s1. The van der Waals surface area contributed by atoms with Crippen LogP contribution in [0.1, 0.15) is 49.1 Å². The molecular formula is C27H32N2O5S. The zero-order chi connectivity index (χ0) is 24.8. The highest BCUT2D eigenvalue weighted by atomic mass is 32.2. The number of carboxylic acid groups (broad SMARTS) is 1. The van der Waals surface area contributed by atoms with Gasteiger partial charge in [0.15, 0.2) is 0 Å². The number of carboxylic acids is 1. The molecule has 7 nitrogen and oxygen atoms in total. The summed E-state index contributed by atoms with van der Waals surface area (Å²) < 4.78 is 5.62. The third kappa shape index (κ3) is 5.99. The molecule has 3 N–H and O–H groups in total. The van der Waals surface area contributed by atoms with Crippen LogP contribution < -0.4 is 10.6 Å². The number of alkyl carbamates (subject to hydrolysis) is 1. The number of aliphatic carboxylic acids is 1. The van der Waals surface area contributed by atoms with E-state index in [1.165, 1.54) is 0 Å². The number of carbonyl (C=O) groups is 3. The highest BCUT2D eigenvalue weighted by Gasteiger charge is 2.32. The molecule has 2 aromatic rings. The van der Waals surface area contributed by atoms with Gasteiger partial charge in [-0.1, -0.05) is 55.0 Å². The summed E-state index contributed by atoms with van der Waals surface area (Å²) in [5, 5.41) is 15.0. The van der Waals surface area contributed by atoms with E-state index in [4.69, 9.17) is 4.74 Å².